The molecular weight excluding hydrogens is 387 g/mol. The summed E-state index contributed by atoms with van der Waals surface area (Å²) in [5.41, 5.74) is 6.20. The number of alkyl halides is 2. The lowest BCUT2D eigenvalue weighted by Crippen LogP contribution is -2.30. The molecule has 1 saturated heterocycles. The fourth-order valence-electron chi connectivity index (χ4n) is 3.54. The lowest BCUT2D eigenvalue weighted by Gasteiger charge is -2.23. The number of primary amides is 1. The lowest BCUT2D eigenvalue weighted by molar-refractivity contribution is 0.0111. The highest BCUT2D eigenvalue weighted by molar-refractivity contribution is 5.98. The molecule has 0 saturated carbocycles. The molecule has 29 heavy (non-hydrogen) atoms. The summed E-state index contributed by atoms with van der Waals surface area (Å²) >= 11 is 0. The van der Waals surface area contributed by atoms with Crippen LogP contribution in [-0.2, 0) is 0 Å². The topological polar surface area (TPSA) is 85.8 Å². The highest BCUT2D eigenvalue weighted by Gasteiger charge is 2.45. The van der Waals surface area contributed by atoms with E-state index in [1.54, 1.807) is 23.2 Å². The third-order valence-corrected chi connectivity index (χ3v) is 4.84. The number of amides is 1. The molecule has 0 spiro atoms. The summed E-state index contributed by atoms with van der Waals surface area (Å²) in [6.45, 7) is -0.144. The number of rotatable bonds is 6. The maximum absolute atomic E-state index is 14.0. The zero-order valence-electron chi connectivity index (χ0n) is 15.3. The Hall–Kier alpha value is -3.14. The van der Waals surface area contributed by atoms with E-state index in [1.165, 1.54) is 28.9 Å². The van der Waals surface area contributed by atoms with E-state index in [1.807, 2.05) is 0 Å². The minimum atomic E-state index is -2.86. The van der Waals surface area contributed by atoms with Gasteiger partial charge in [-0.1, -0.05) is 12.1 Å². The number of aromatic nitrogens is 3. The molecule has 2 aromatic heterocycles. The standard InChI is InChI=1S/C19H18F3N5O2/c20-13-3-1-2-12(8-13)15-9-19(21,22)11-26(15)6-7-29-16-4-5-27-18(25-16)14(10-24-27)17(23)28/h1-5,8,10,15H,6-7,9,11H2,(H2,23,28). The van der Waals surface area contributed by atoms with Gasteiger partial charge >= 0.3 is 0 Å². The van der Waals surface area contributed by atoms with Crippen molar-refractivity contribution in [3.05, 3.63) is 59.7 Å². The van der Waals surface area contributed by atoms with Crippen molar-refractivity contribution in [3.63, 3.8) is 0 Å². The van der Waals surface area contributed by atoms with Gasteiger partial charge in [-0.05, 0) is 17.7 Å². The predicted molar refractivity (Wildman–Crippen MR) is 97.3 cm³/mol. The van der Waals surface area contributed by atoms with E-state index in [9.17, 15) is 18.0 Å². The molecule has 3 aromatic rings. The molecule has 1 atom stereocenters. The van der Waals surface area contributed by atoms with Crippen molar-refractivity contribution in [1.29, 1.82) is 0 Å². The van der Waals surface area contributed by atoms with Gasteiger partial charge in [-0.15, -0.1) is 0 Å². The van der Waals surface area contributed by atoms with Crippen LogP contribution in [0.4, 0.5) is 13.2 Å². The quantitative estimate of drug-likeness (QED) is 0.681. The molecule has 1 fully saturated rings. The van der Waals surface area contributed by atoms with Gasteiger partial charge in [0.25, 0.3) is 11.8 Å². The van der Waals surface area contributed by atoms with Crippen molar-refractivity contribution in [2.75, 3.05) is 19.7 Å². The van der Waals surface area contributed by atoms with E-state index in [-0.39, 0.29) is 36.7 Å². The van der Waals surface area contributed by atoms with Gasteiger partial charge in [-0.3, -0.25) is 9.69 Å². The zero-order valence-corrected chi connectivity index (χ0v) is 15.3. The molecule has 0 radical (unpaired) electrons. The number of halogens is 3. The van der Waals surface area contributed by atoms with Crippen molar-refractivity contribution in [1.82, 2.24) is 19.5 Å². The van der Waals surface area contributed by atoms with Crippen molar-refractivity contribution < 1.29 is 22.7 Å². The van der Waals surface area contributed by atoms with Crippen LogP contribution in [0.2, 0.25) is 0 Å². The zero-order chi connectivity index (χ0) is 20.6. The van der Waals surface area contributed by atoms with Gasteiger partial charge in [-0.2, -0.15) is 10.1 Å². The number of likely N-dealkylation sites (tertiary alicyclic amines) is 1. The summed E-state index contributed by atoms with van der Waals surface area (Å²) in [6.07, 6.45) is 2.49. The molecule has 1 aromatic carbocycles. The van der Waals surface area contributed by atoms with Crippen LogP contribution in [0, 0.1) is 5.82 Å². The second-order valence-corrected chi connectivity index (χ2v) is 6.91. The van der Waals surface area contributed by atoms with Gasteiger partial charge < -0.3 is 10.5 Å². The lowest BCUT2D eigenvalue weighted by atomic mass is 10.0. The molecule has 0 bridgehead atoms. The molecule has 1 amide bonds. The molecule has 152 valence electrons. The normalized spacial score (nSPS) is 18.9. The number of ether oxygens (including phenoxy) is 1. The van der Waals surface area contributed by atoms with E-state index in [0.29, 0.717) is 5.56 Å². The SMILES string of the molecule is NC(=O)c1cnn2ccc(OCCN3CC(F)(F)CC3c3cccc(F)c3)nc12. The van der Waals surface area contributed by atoms with Crippen LogP contribution in [0.1, 0.15) is 28.4 Å². The van der Waals surface area contributed by atoms with Crippen molar-refractivity contribution >= 4 is 11.6 Å². The third-order valence-electron chi connectivity index (χ3n) is 4.84. The predicted octanol–water partition coefficient (Wildman–Crippen LogP) is 2.43. The third kappa shape index (κ3) is 4.02. The molecule has 7 nitrogen and oxygen atoms in total. The van der Waals surface area contributed by atoms with Gasteiger partial charge in [0.2, 0.25) is 5.88 Å². The first-order chi connectivity index (χ1) is 13.8. The van der Waals surface area contributed by atoms with Crippen molar-refractivity contribution in [2.24, 2.45) is 5.73 Å². The Morgan fingerprint density at radius 3 is 2.93 bits per heavy atom. The largest absolute Gasteiger partial charge is 0.476 e. The fraction of sp³-hybridized carbons (Fsp3) is 0.316. The van der Waals surface area contributed by atoms with Gasteiger partial charge in [0.1, 0.15) is 18.0 Å². The Kier molecular flexibility index (Phi) is 4.87. The van der Waals surface area contributed by atoms with Gasteiger partial charge in [0.15, 0.2) is 5.65 Å². The molecule has 10 heteroatoms. The summed E-state index contributed by atoms with van der Waals surface area (Å²) in [5, 5.41) is 3.97. The molecule has 4 rings (SSSR count). The van der Waals surface area contributed by atoms with Crippen molar-refractivity contribution in [3.8, 4) is 5.88 Å². The van der Waals surface area contributed by atoms with Crippen LogP contribution in [0.5, 0.6) is 5.88 Å². The second-order valence-electron chi connectivity index (χ2n) is 6.91. The van der Waals surface area contributed by atoms with Gasteiger partial charge in [0.05, 0.1) is 12.7 Å². The summed E-state index contributed by atoms with van der Waals surface area (Å²) < 4.78 is 48.5. The minimum Gasteiger partial charge on any atom is -0.476 e. The Morgan fingerprint density at radius 2 is 2.17 bits per heavy atom. The van der Waals surface area contributed by atoms with Crippen LogP contribution in [0.15, 0.2) is 42.7 Å². The number of hydrogen-bond donors (Lipinski definition) is 1. The first-order valence-electron chi connectivity index (χ1n) is 8.97. The molecular formula is C19H18F3N5O2. The Balaban J connectivity index is 1.45. The minimum absolute atomic E-state index is 0.0884. The van der Waals surface area contributed by atoms with Crippen LogP contribution >= 0.6 is 0 Å². The molecule has 1 unspecified atom stereocenters. The average molecular weight is 405 g/mol. The number of fused-ring (bicyclic) bond motifs is 1. The highest BCUT2D eigenvalue weighted by atomic mass is 19.3. The summed E-state index contributed by atoms with van der Waals surface area (Å²) in [6, 6.07) is 6.66. The van der Waals surface area contributed by atoms with E-state index >= 15 is 0 Å². The monoisotopic (exact) mass is 405 g/mol. The Bertz CT molecular complexity index is 1060. The number of hydrogen-bond acceptors (Lipinski definition) is 5. The molecule has 1 aliphatic rings. The van der Waals surface area contributed by atoms with Gasteiger partial charge in [-0.25, -0.2) is 17.7 Å². The molecule has 1 aliphatic heterocycles. The number of benzene rings is 1. The number of nitrogens with zero attached hydrogens (tertiary/aromatic N) is 4. The van der Waals surface area contributed by atoms with Crippen LogP contribution in [0.3, 0.4) is 0 Å². The maximum Gasteiger partial charge on any atom is 0.262 e. The molecule has 2 N–H and O–H groups in total. The van der Waals surface area contributed by atoms with E-state index in [0.717, 1.165) is 0 Å². The number of nitrogens with two attached hydrogens (primary N) is 1. The first kappa shape index (κ1) is 19.2. The van der Waals surface area contributed by atoms with Crippen LogP contribution in [-0.4, -0.2) is 51.0 Å². The average Bonchev–Trinajstić information content (AvgIpc) is 3.22. The Labute approximate surface area is 163 Å². The van der Waals surface area contributed by atoms with Crippen LogP contribution in [0.25, 0.3) is 5.65 Å². The van der Waals surface area contributed by atoms with Crippen LogP contribution < -0.4 is 10.5 Å². The van der Waals surface area contributed by atoms with E-state index in [2.05, 4.69) is 10.1 Å². The summed E-state index contributed by atoms with van der Waals surface area (Å²) in [4.78, 5) is 17.2. The smallest absolute Gasteiger partial charge is 0.262 e. The second kappa shape index (κ2) is 7.36. The number of carbonyl (C=O) groups is 1. The maximum atomic E-state index is 14.0. The van der Waals surface area contributed by atoms with E-state index < -0.39 is 30.2 Å². The van der Waals surface area contributed by atoms with E-state index in [4.69, 9.17) is 10.5 Å². The fourth-order valence-corrected chi connectivity index (χ4v) is 3.54. The molecule has 0 aliphatic carbocycles. The van der Waals surface area contributed by atoms with Gasteiger partial charge in [0, 0.05) is 31.3 Å². The summed E-state index contributed by atoms with van der Waals surface area (Å²) in [7, 11) is 0. The number of carbonyl (C=O) groups excluding carboxylic acids is 1. The first-order valence-corrected chi connectivity index (χ1v) is 8.97. The Morgan fingerprint density at radius 1 is 1.34 bits per heavy atom. The van der Waals surface area contributed by atoms with Crippen molar-refractivity contribution in [2.45, 2.75) is 18.4 Å². The summed E-state index contributed by atoms with van der Waals surface area (Å²) in [5.74, 6) is -3.77. The molecule has 3 heterocycles. The highest BCUT2D eigenvalue weighted by Crippen LogP contribution is 2.40.